The Morgan fingerprint density at radius 3 is 2.33 bits per heavy atom. The lowest BCUT2D eigenvalue weighted by molar-refractivity contribution is -0.139. The number of benzene rings is 2. The molecule has 5 N–H and O–H groups in total. The Labute approximate surface area is 256 Å². The minimum atomic E-state index is -1.29. The summed E-state index contributed by atoms with van der Waals surface area (Å²) in [6, 6.07) is 14.2. The first-order valence-corrected chi connectivity index (χ1v) is 15.3. The number of carbonyl (C=O) groups is 5. The summed E-state index contributed by atoms with van der Waals surface area (Å²) in [6.07, 6.45) is 4.64. The summed E-state index contributed by atoms with van der Waals surface area (Å²) in [4.78, 5) is 63.6. The zero-order valence-corrected chi connectivity index (χ0v) is 24.8. The Morgan fingerprint density at radius 2 is 1.67 bits per heavy atom. The first-order chi connectivity index (χ1) is 20.7. The van der Waals surface area contributed by atoms with E-state index in [1.54, 1.807) is 12.1 Å². The van der Waals surface area contributed by atoms with E-state index in [-0.39, 0.29) is 18.2 Å². The number of alkyl carbamates (subject to hydrolysis) is 1. The van der Waals surface area contributed by atoms with Crippen molar-refractivity contribution in [1.82, 2.24) is 16.0 Å². The topological polar surface area (TPSA) is 157 Å². The minimum Gasteiger partial charge on any atom is -0.441 e. The highest BCUT2D eigenvalue weighted by atomic mass is 35.5. The summed E-state index contributed by atoms with van der Waals surface area (Å²) in [5.41, 5.74) is 6.91. The van der Waals surface area contributed by atoms with Gasteiger partial charge in [0.2, 0.25) is 17.6 Å². The molecule has 2 fully saturated rings. The van der Waals surface area contributed by atoms with Crippen LogP contribution in [0.4, 0.5) is 4.79 Å². The Hall–Kier alpha value is -3.92. The second-order valence-corrected chi connectivity index (χ2v) is 11.8. The molecular weight excluding hydrogens is 572 g/mol. The van der Waals surface area contributed by atoms with Crippen LogP contribution in [0.1, 0.15) is 68.6 Å². The maximum atomic E-state index is 13.6. The van der Waals surface area contributed by atoms with E-state index in [4.69, 9.17) is 22.1 Å². The third-order valence-electron chi connectivity index (χ3n) is 8.19. The highest BCUT2D eigenvalue weighted by molar-refractivity contribution is 6.38. The maximum absolute atomic E-state index is 13.6. The molecule has 0 bridgehead atoms. The number of hydrogen-bond donors (Lipinski definition) is 4. The molecule has 10 nitrogen and oxygen atoms in total. The van der Waals surface area contributed by atoms with Gasteiger partial charge in [0.05, 0.1) is 6.04 Å². The van der Waals surface area contributed by atoms with Crippen molar-refractivity contribution in [3.63, 3.8) is 0 Å². The van der Waals surface area contributed by atoms with Crippen LogP contribution in [-0.4, -0.2) is 48.2 Å². The van der Waals surface area contributed by atoms with Gasteiger partial charge in [-0.3, -0.25) is 19.2 Å². The highest BCUT2D eigenvalue weighted by Crippen LogP contribution is 2.28. The van der Waals surface area contributed by atoms with Gasteiger partial charge >= 0.3 is 6.09 Å². The standard InChI is InChI=1S/C32H39ClN4O6/c33-24-13-7-10-21(16-24)18-27(22-11-5-2-6-12-22)43-32(42)37-26(17-20-8-3-1-4-9-20)31(41)36-25(28(38)29(34)39)19-23-14-15-35-30(23)40/h2,5-7,10-13,16,20,23,25-27H,1,3-4,8-9,14-15,17-19H2,(H2,34,39)(H,35,40)(H,36,41)(H,37,42)/t23-,25?,26?,27?/m0/s1. The van der Waals surface area contributed by atoms with Crippen LogP contribution >= 0.6 is 11.6 Å². The third kappa shape index (κ3) is 9.54. The number of nitrogens with one attached hydrogen (secondary N) is 3. The molecule has 1 aliphatic carbocycles. The number of carbonyl (C=O) groups excluding carboxylic acids is 5. The van der Waals surface area contributed by atoms with Crippen molar-refractivity contribution in [1.29, 1.82) is 0 Å². The zero-order chi connectivity index (χ0) is 30.8. The van der Waals surface area contributed by atoms with E-state index in [0.717, 1.165) is 43.2 Å². The van der Waals surface area contributed by atoms with Crippen molar-refractivity contribution in [3.05, 3.63) is 70.7 Å². The van der Waals surface area contributed by atoms with E-state index >= 15 is 0 Å². The van der Waals surface area contributed by atoms with Crippen LogP contribution in [0.15, 0.2) is 54.6 Å². The summed E-state index contributed by atoms with van der Waals surface area (Å²) in [5.74, 6) is -3.42. The van der Waals surface area contributed by atoms with E-state index in [1.807, 2.05) is 42.5 Å². The second-order valence-electron chi connectivity index (χ2n) is 11.4. The molecular formula is C32H39ClN4O6. The van der Waals surface area contributed by atoms with E-state index in [2.05, 4.69) is 16.0 Å². The average Bonchev–Trinajstić information content (AvgIpc) is 3.40. The molecule has 0 radical (unpaired) electrons. The highest BCUT2D eigenvalue weighted by Gasteiger charge is 2.36. The molecule has 1 saturated heterocycles. The summed E-state index contributed by atoms with van der Waals surface area (Å²) >= 11 is 6.18. The lowest BCUT2D eigenvalue weighted by Crippen LogP contribution is -2.54. The third-order valence-corrected chi connectivity index (χ3v) is 8.43. The lowest BCUT2D eigenvalue weighted by atomic mass is 9.84. The van der Waals surface area contributed by atoms with Crippen molar-refractivity contribution in [2.24, 2.45) is 17.6 Å². The number of nitrogens with two attached hydrogens (primary N) is 1. The molecule has 2 aliphatic rings. The van der Waals surface area contributed by atoms with Gasteiger partial charge in [-0.15, -0.1) is 0 Å². The first-order valence-electron chi connectivity index (χ1n) is 14.9. The number of ether oxygens (including phenoxy) is 1. The number of ketones is 1. The first kappa shape index (κ1) is 32.0. The quantitative estimate of drug-likeness (QED) is 0.253. The Balaban J connectivity index is 1.51. The SMILES string of the molecule is NC(=O)C(=O)C(C[C@@H]1CCNC1=O)NC(=O)C(CC1CCCCC1)NC(=O)OC(Cc1cccc(Cl)c1)c1ccccc1. The molecule has 4 atom stereocenters. The van der Waals surface area contributed by atoms with Crippen LogP contribution in [-0.2, 0) is 30.3 Å². The van der Waals surface area contributed by atoms with Crippen LogP contribution in [0.3, 0.4) is 0 Å². The van der Waals surface area contributed by atoms with Crippen LogP contribution in [0, 0.1) is 11.8 Å². The van der Waals surface area contributed by atoms with Gasteiger partial charge in [-0.25, -0.2) is 4.79 Å². The number of primary amides is 1. The van der Waals surface area contributed by atoms with Crippen LogP contribution in [0.25, 0.3) is 0 Å². The summed E-state index contributed by atoms with van der Waals surface area (Å²) in [5, 5.41) is 8.60. The predicted octanol–water partition coefficient (Wildman–Crippen LogP) is 3.75. The Kier molecular flexibility index (Phi) is 11.6. The molecule has 0 aromatic heterocycles. The van der Waals surface area contributed by atoms with Gasteiger partial charge in [0.25, 0.3) is 5.91 Å². The molecule has 1 aliphatic heterocycles. The molecule has 11 heteroatoms. The van der Waals surface area contributed by atoms with Gasteiger partial charge in [0, 0.05) is 23.9 Å². The molecule has 3 unspecified atom stereocenters. The van der Waals surface area contributed by atoms with Gasteiger partial charge < -0.3 is 26.4 Å². The van der Waals surface area contributed by atoms with Crippen molar-refractivity contribution in [2.75, 3.05) is 6.54 Å². The molecule has 2 aromatic carbocycles. The van der Waals surface area contributed by atoms with Crippen LogP contribution in [0.2, 0.25) is 5.02 Å². The van der Waals surface area contributed by atoms with Crippen molar-refractivity contribution >= 4 is 41.2 Å². The largest absolute Gasteiger partial charge is 0.441 e. The molecule has 2 aromatic rings. The maximum Gasteiger partial charge on any atom is 0.408 e. The fourth-order valence-corrected chi connectivity index (χ4v) is 6.11. The molecule has 4 amide bonds. The Morgan fingerprint density at radius 1 is 0.930 bits per heavy atom. The number of hydrogen-bond acceptors (Lipinski definition) is 6. The monoisotopic (exact) mass is 610 g/mol. The molecule has 4 rings (SSSR count). The molecule has 1 heterocycles. The number of rotatable bonds is 13. The Bertz CT molecular complexity index is 1300. The fourth-order valence-electron chi connectivity index (χ4n) is 5.90. The zero-order valence-electron chi connectivity index (χ0n) is 24.1. The van der Waals surface area contributed by atoms with E-state index in [9.17, 15) is 24.0 Å². The molecule has 1 saturated carbocycles. The molecule has 0 spiro atoms. The molecule has 43 heavy (non-hydrogen) atoms. The van der Waals surface area contributed by atoms with E-state index in [0.29, 0.717) is 30.8 Å². The smallest absolute Gasteiger partial charge is 0.408 e. The predicted molar refractivity (Wildman–Crippen MR) is 161 cm³/mol. The molecule has 230 valence electrons. The second kappa shape index (κ2) is 15.5. The summed E-state index contributed by atoms with van der Waals surface area (Å²) < 4.78 is 5.90. The summed E-state index contributed by atoms with van der Waals surface area (Å²) in [7, 11) is 0. The number of amides is 4. The summed E-state index contributed by atoms with van der Waals surface area (Å²) in [6.45, 7) is 0.449. The van der Waals surface area contributed by atoms with Crippen molar-refractivity contribution in [2.45, 2.75) is 76.0 Å². The number of halogens is 1. The van der Waals surface area contributed by atoms with Gasteiger partial charge in [-0.2, -0.15) is 0 Å². The van der Waals surface area contributed by atoms with E-state index < -0.39 is 47.8 Å². The van der Waals surface area contributed by atoms with Crippen molar-refractivity contribution < 1.29 is 28.7 Å². The fraction of sp³-hybridized carbons (Fsp3) is 0.469. The van der Waals surface area contributed by atoms with Gasteiger partial charge in [0.1, 0.15) is 12.1 Å². The van der Waals surface area contributed by atoms with Crippen molar-refractivity contribution in [3.8, 4) is 0 Å². The number of Topliss-reactive ketones (excluding diaryl/α,β-unsaturated/α-hetero) is 1. The van der Waals surface area contributed by atoms with Crippen LogP contribution < -0.4 is 21.7 Å². The lowest BCUT2D eigenvalue weighted by Gasteiger charge is -2.28. The van der Waals surface area contributed by atoms with Gasteiger partial charge in [-0.1, -0.05) is 86.2 Å². The van der Waals surface area contributed by atoms with Crippen LogP contribution in [0.5, 0.6) is 0 Å². The average molecular weight is 611 g/mol. The van der Waals surface area contributed by atoms with Gasteiger partial charge in [-0.05, 0) is 48.4 Å². The van der Waals surface area contributed by atoms with Gasteiger partial charge in [0.15, 0.2) is 0 Å². The normalized spacial score (nSPS) is 19.0. The minimum absolute atomic E-state index is 0.0599. The van der Waals surface area contributed by atoms with E-state index in [1.165, 1.54) is 0 Å².